The maximum atomic E-state index is 13.0. The standard InChI is InChI=1S/C23H15Cl2F3N2O2/c24-14-7-5-13(6-8-14)12-32-19-10-9-16(18-11-20(30-29-18)23(26,27)28)22(31)21(19)15-3-1-2-4-17(15)25/h1-11,31H,12H2,(H,29,30). The Morgan fingerprint density at radius 1 is 0.938 bits per heavy atom. The molecule has 1 aromatic heterocycles. The molecule has 0 saturated carbocycles. The monoisotopic (exact) mass is 478 g/mol. The van der Waals surface area contributed by atoms with Crippen LogP contribution in [0.3, 0.4) is 0 Å². The first kappa shape index (κ1) is 22.0. The molecule has 0 aliphatic heterocycles. The molecule has 32 heavy (non-hydrogen) atoms. The van der Waals surface area contributed by atoms with Gasteiger partial charge >= 0.3 is 6.18 Å². The Morgan fingerprint density at radius 2 is 1.66 bits per heavy atom. The number of H-pyrrole nitrogens is 1. The van der Waals surface area contributed by atoms with Gasteiger partial charge in [0.15, 0.2) is 0 Å². The van der Waals surface area contributed by atoms with Gasteiger partial charge in [0.1, 0.15) is 23.8 Å². The molecular formula is C23H15Cl2F3N2O2. The van der Waals surface area contributed by atoms with E-state index in [2.05, 4.69) is 5.10 Å². The first-order valence-corrected chi connectivity index (χ1v) is 10.1. The Bertz CT molecular complexity index is 1260. The maximum Gasteiger partial charge on any atom is 0.432 e. The largest absolute Gasteiger partial charge is 0.506 e. The summed E-state index contributed by atoms with van der Waals surface area (Å²) in [6, 6.07) is 17.7. The molecule has 1 heterocycles. The van der Waals surface area contributed by atoms with E-state index in [-0.39, 0.29) is 29.2 Å². The number of halogens is 5. The van der Waals surface area contributed by atoms with E-state index >= 15 is 0 Å². The lowest BCUT2D eigenvalue weighted by atomic mass is 9.98. The van der Waals surface area contributed by atoms with Gasteiger partial charge in [0.05, 0.1) is 11.3 Å². The molecular weight excluding hydrogens is 464 g/mol. The molecule has 4 nitrogen and oxygen atoms in total. The Labute approximate surface area is 191 Å². The molecule has 0 saturated heterocycles. The fourth-order valence-electron chi connectivity index (χ4n) is 3.17. The zero-order valence-corrected chi connectivity index (χ0v) is 17.8. The molecule has 9 heteroatoms. The van der Waals surface area contributed by atoms with Crippen LogP contribution >= 0.6 is 23.2 Å². The van der Waals surface area contributed by atoms with E-state index in [9.17, 15) is 18.3 Å². The number of ether oxygens (including phenoxy) is 1. The van der Waals surface area contributed by atoms with Crippen LogP contribution in [0.25, 0.3) is 22.4 Å². The van der Waals surface area contributed by atoms with Gasteiger partial charge in [-0.15, -0.1) is 0 Å². The van der Waals surface area contributed by atoms with Gasteiger partial charge in [0.2, 0.25) is 0 Å². The smallest absolute Gasteiger partial charge is 0.432 e. The first-order valence-electron chi connectivity index (χ1n) is 9.35. The second-order valence-corrected chi connectivity index (χ2v) is 7.74. The first-order chi connectivity index (χ1) is 15.2. The van der Waals surface area contributed by atoms with Gasteiger partial charge in [0, 0.05) is 21.2 Å². The van der Waals surface area contributed by atoms with Crippen molar-refractivity contribution in [3.63, 3.8) is 0 Å². The Morgan fingerprint density at radius 3 is 2.31 bits per heavy atom. The highest BCUT2D eigenvalue weighted by Gasteiger charge is 2.33. The molecule has 0 unspecified atom stereocenters. The van der Waals surface area contributed by atoms with Crippen LogP contribution in [0.5, 0.6) is 11.5 Å². The molecule has 0 atom stereocenters. The van der Waals surface area contributed by atoms with Crippen molar-refractivity contribution in [2.45, 2.75) is 12.8 Å². The van der Waals surface area contributed by atoms with Gasteiger partial charge in [-0.1, -0.05) is 53.5 Å². The fourth-order valence-corrected chi connectivity index (χ4v) is 3.53. The number of hydrogen-bond donors (Lipinski definition) is 2. The van der Waals surface area contributed by atoms with Crippen LogP contribution in [0.1, 0.15) is 11.3 Å². The van der Waals surface area contributed by atoms with E-state index in [4.69, 9.17) is 27.9 Å². The van der Waals surface area contributed by atoms with Gasteiger partial charge in [-0.05, 0) is 42.0 Å². The number of phenolic OH excluding ortho intramolecular Hbond substituents is 1. The summed E-state index contributed by atoms with van der Waals surface area (Å²) in [5, 5.41) is 17.6. The van der Waals surface area contributed by atoms with Crippen molar-refractivity contribution < 1.29 is 23.0 Å². The molecule has 3 aromatic carbocycles. The van der Waals surface area contributed by atoms with Crippen molar-refractivity contribution in [3.8, 4) is 33.9 Å². The van der Waals surface area contributed by atoms with E-state index in [1.54, 1.807) is 54.6 Å². The minimum absolute atomic E-state index is 0.0626. The highest BCUT2D eigenvalue weighted by molar-refractivity contribution is 6.33. The number of aromatic hydroxyl groups is 1. The molecule has 164 valence electrons. The molecule has 0 radical (unpaired) electrons. The number of phenols is 1. The second kappa shape index (κ2) is 8.76. The number of nitrogens with zero attached hydrogens (tertiary/aromatic N) is 1. The number of hydrogen-bond acceptors (Lipinski definition) is 3. The minimum atomic E-state index is -4.59. The van der Waals surface area contributed by atoms with Gasteiger partial charge in [0.25, 0.3) is 0 Å². The fraction of sp³-hybridized carbons (Fsp3) is 0.0870. The van der Waals surface area contributed by atoms with Crippen LogP contribution < -0.4 is 4.74 Å². The van der Waals surface area contributed by atoms with Gasteiger partial charge < -0.3 is 9.84 Å². The van der Waals surface area contributed by atoms with Gasteiger partial charge in [-0.2, -0.15) is 18.3 Å². The number of aromatic amines is 1. The molecule has 0 spiro atoms. The van der Waals surface area contributed by atoms with Crippen molar-refractivity contribution >= 4 is 23.2 Å². The van der Waals surface area contributed by atoms with Crippen molar-refractivity contribution in [2.24, 2.45) is 0 Å². The number of nitrogens with one attached hydrogen (secondary N) is 1. The van der Waals surface area contributed by atoms with E-state index in [1.807, 2.05) is 5.10 Å². The summed E-state index contributed by atoms with van der Waals surface area (Å²) in [6.07, 6.45) is -4.59. The number of benzene rings is 3. The molecule has 4 aromatic rings. The van der Waals surface area contributed by atoms with Crippen molar-refractivity contribution in [3.05, 3.63) is 88.0 Å². The van der Waals surface area contributed by atoms with Gasteiger partial charge in [-0.25, -0.2) is 0 Å². The summed E-state index contributed by atoms with van der Waals surface area (Å²) >= 11 is 12.3. The Hall–Kier alpha value is -3.16. The SMILES string of the molecule is Oc1c(-c2cc(C(F)(F)F)[nH]n2)ccc(OCc2ccc(Cl)cc2)c1-c1ccccc1Cl. The minimum Gasteiger partial charge on any atom is -0.506 e. The summed E-state index contributed by atoms with van der Waals surface area (Å²) in [7, 11) is 0. The summed E-state index contributed by atoms with van der Waals surface area (Å²) in [5.74, 6) is 0.00723. The van der Waals surface area contributed by atoms with Crippen molar-refractivity contribution in [1.29, 1.82) is 0 Å². The average Bonchev–Trinajstić information content (AvgIpc) is 3.25. The Balaban J connectivity index is 1.78. The summed E-state index contributed by atoms with van der Waals surface area (Å²) in [5.41, 5.74) is 0.571. The van der Waals surface area contributed by atoms with Crippen molar-refractivity contribution in [2.75, 3.05) is 0 Å². The normalized spacial score (nSPS) is 11.5. The quantitative estimate of drug-likeness (QED) is 0.315. The topological polar surface area (TPSA) is 58.1 Å². The van der Waals surface area contributed by atoms with E-state index < -0.39 is 11.9 Å². The molecule has 0 aliphatic carbocycles. The molecule has 0 aliphatic rings. The molecule has 0 amide bonds. The number of alkyl halides is 3. The zero-order valence-electron chi connectivity index (χ0n) is 16.3. The highest BCUT2D eigenvalue weighted by atomic mass is 35.5. The summed E-state index contributed by atoms with van der Waals surface area (Å²) < 4.78 is 44.9. The number of rotatable bonds is 5. The van der Waals surface area contributed by atoms with Crippen LogP contribution in [0, 0.1) is 0 Å². The predicted molar refractivity (Wildman–Crippen MR) is 117 cm³/mol. The summed E-state index contributed by atoms with van der Waals surface area (Å²) in [6.45, 7) is 0.175. The Kier molecular flexibility index (Phi) is 6.04. The lowest BCUT2D eigenvalue weighted by Gasteiger charge is -2.16. The van der Waals surface area contributed by atoms with Crippen LogP contribution in [0.15, 0.2) is 66.7 Å². The molecule has 0 bridgehead atoms. The van der Waals surface area contributed by atoms with Crippen LogP contribution in [-0.2, 0) is 12.8 Å². The molecule has 0 fully saturated rings. The van der Waals surface area contributed by atoms with Crippen molar-refractivity contribution in [1.82, 2.24) is 10.2 Å². The van der Waals surface area contributed by atoms with E-state index in [0.717, 1.165) is 11.6 Å². The third-order valence-corrected chi connectivity index (χ3v) is 5.33. The summed E-state index contributed by atoms with van der Waals surface area (Å²) in [4.78, 5) is 0. The third kappa shape index (κ3) is 4.54. The lowest BCUT2D eigenvalue weighted by molar-refractivity contribution is -0.141. The zero-order chi connectivity index (χ0) is 22.9. The van der Waals surface area contributed by atoms with Crippen LogP contribution in [0.4, 0.5) is 13.2 Å². The lowest BCUT2D eigenvalue weighted by Crippen LogP contribution is -2.04. The average molecular weight is 479 g/mol. The predicted octanol–water partition coefficient (Wildman–Crippen LogP) is 7.35. The number of aromatic nitrogens is 2. The van der Waals surface area contributed by atoms with Gasteiger partial charge in [-0.3, -0.25) is 5.10 Å². The van der Waals surface area contributed by atoms with Crippen LogP contribution in [-0.4, -0.2) is 15.3 Å². The maximum absolute atomic E-state index is 13.0. The molecule has 2 N–H and O–H groups in total. The van der Waals surface area contributed by atoms with E-state index in [1.165, 1.54) is 6.07 Å². The van der Waals surface area contributed by atoms with Crippen LogP contribution in [0.2, 0.25) is 10.0 Å². The highest BCUT2D eigenvalue weighted by Crippen LogP contribution is 2.46. The second-order valence-electron chi connectivity index (χ2n) is 6.89. The van der Waals surface area contributed by atoms with E-state index in [0.29, 0.717) is 21.4 Å². The molecule has 4 rings (SSSR count). The third-order valence-electron chi connectivity index (χ3n) is 4.75.